The molecule has 1 fully saturated rings. The molecular weight excluding hydrogens is 202 g/mol. The summed E-state index contributed by atoms with van der Waals surface area (Å²) in [6, 6.07) is 0.656. The van der Waals surface area contributed by atoms with E-state index in [2.05, 4.69) is 19.0 Å². The van der Waals surface area contributed by atoms with Gasteiger partial charge in [-0.05, 0) is 33.4 Å². The molecule has 0 saturated carbocycles. The number of nitrogens with zero attached hydrogens (tertiary/aromatic N) is 2. The average molecular weight is 227 g/mol. The summed E-state index contributed by atoms with van der Waals surface area (Å²) in [6.07, 6.45) is 3.54. The summed E-state index contributed by atoms with van der Waals surface area (Å²) in [6.45, 7) is 3.80. The summed E-state index contributed by atoms with van der Waals surface area (Å²) in [5.74, 6) is 0.228. The van der Waals surface area contributed by atoms with Crippen molar-refractivity contribution in [2.75, 3.05) is 27.2 Å². The Morgan fingerprint density at radius 1 is 1.44 bits per heavy atom. The van der Waals surface area contributed by atoms with Crippen molar-refractivity contribution < 1.29 is 4.79 Å². The lowest BCUT2D eigenvalue weighted by Gasteiger charge is -2.35. The molecule has 1 aliphatic rings. The van der Waals surface area contributed by atoms with E-state index in [9.17, 15) is 4.79 Å². The minimum Gasteiger partial charge on any atom is -0.343 e. The van der Waals surface area contributed by atoms with Crippen LogP contribution in [0.1, 0.15) is 32.6 Å². The third-order valence-corrected chi connectivity index (χ3v) is 3.51. The van der Waals surface area contributed by atoms with Crippen LogP contribution < -0.4 is 5.73 Å². The van der Waals surface area contributed by atoms with Crippen LogP contribution in [0.5, 0.6) is 0 Å². The molecule has 0 aromatic carbocycles. The minimum atomic E-state index is 0.0269. The van der Waals surface area contributed by atoms with Crippen molar-refractivity contribution in [1.82, 2.24) is 9.80 Å². The first-order chi connectivity index (χ1) is 7.54. The SMILES string of the molecule is CCC(N)CC(=O)N1CCC(N(C)C)CC1. The smallest absolute Gasteiger partial charge is 0.224 e. The van der Waals surface area contributed by atoms with Crippen LogP contribution in [-0.4, -0.2) is 55.0 Å². The quantitative estimate of drug-likeness (QED) is 0.768. The average Bonchev–Trinajstić information content (AvgIpc) is 2.28. The molecule has 1 amide bonds. The topological polar surface area (TPSA) is 49.6 Å². The summed E-state index contributed by atoms with van der Waals surface area (Å²) in [7, 11) is 4.21. The van der Waals surface area contributed by atoms with E-state index < -0.39 is 0 Å². The maximum Gasteiger partial charge on any atom is 0.224 e. The second kappa shape index (κ2) is 6.21. The van der Waals surface area contributed by atoms with Gasteiger partial charge in [-0.3, -0.25) is 4.79 Å². The first-order valence-electron chi connectivity index (χ1n) is 6.24. The first-order valence-corrected chi connectivity index (χ1v) is 6.24. The Morgan fingerprint density at radius 2 is 2.00 bits per heavy atom. The van der Waals surface area contributed by atoms with Gasteiger partial charge in [0.2, 0.25) is 5.91 Å². The second-order valence-corrected chi connectivity index (χ2v) is 4.95. The van der Waals surface area contributed by atoms with Crippen LogP contribution in [0.4, 0.5) is 0 Å². The fourth-order valence-corrected chi connectivity index (χ4v) is 2.13. The number of nitrogens with two attached hydrogens (primary N) is 1. The highest BCUT2D eigenvalue weighted by Gasteiger charge is 2.24. The van der Waals surface area contributed by atoms with Gasteiger partial charge in [-0.15, -0.1) is 0 Å². The predicted octanol–water partition coefficient (Wildman–Crippen LogP) is 0.666. The molecular formula is C12H25N3O. The molecule has 1 heterocycles. The molecule has 0 spiro atoms. The molecule has 94 valence electrons. The highest BCUT2D eigenvalue weighted by atomic mass is 16.2. The number of amides is 1. The third kappa shape index (κ3) is 3.76. The van der Waals surface area contributed by atoms with Gasteiger partial charge in [0.1, 0.15) is 0 Å². The Balaban J connectivity index is 2.33. The number of rotatable bonds is 4. The van der Waals surface area contributed by atoms with Gasteiger partial charge in [0.05, 0.1) is 0 Å². The normalized spacial score (nSPS) is 20.2. The first kappa shape index (κ1) is 13.5. The van der Waals surface area contributed by atoms with E-state index >= 15 is 0 Å². The number of carbonyl (C=O) groups is 1. The van der Waals surface area contributed by atoms with Crippen molar-refractivity contribution in [3.8, 4) is 0 Å². The van der Waals surface area contributed by atoms with Crippen LogP contribution >= 0.6 is 0 Å². The van der Waals surface area contributed by atoms with Crippen LogP contribution in [0.25, 0.3) is 0 Å². The summed E-state index contributed by atoms with van der Waals surface area (Å²) in [5.41, 5.74) is 5.80. The number of hydrogen-bond acceptors (Lipinski definition) is 3. The van der Waals surface area contributed by atoms with Crippen LogP contribution in [0.2, 0.25) is 0 Å². The lowest BCUT2D eigenvalue weighted by atomic mass is 10.0. The highest BCUT2D eigenvalue weighted by Crippen LogP contribution is 2.15. The number of carbonyl (C=O) groups excluding carboxylic acids is 1. The Morgan fingerprint density at radius 3 is 2.44 bits per heavy atom. The molecule has 16 heavy (non-hydrogen) atoms. The van der Waals surface area contributed by atoms with E-state index in [-0.39, 0.29) is 11.9 Å². The van der Waals surface area contributed by atoms with Crippen molar-refractivity contribution in [2.45, 2.75) is 44.7 Å². The van der Waals surface area contributed by atoms with Crippen LogP contribution in [0, 0.1) is 0 Å². The van der Waals surface area contributed by atoms with Crippen molar-refractivity contribution in [3.05, 3.63) is 0 Å². The molecule has 1 aliphatic heterocycles. The third-order valence-electron chi connectivity index (χ3n) is 3.51. The number of likely N-dealkylation sites (tertiary alicyclic amines) is 1. The van der Waals surface area contributed by atoms with Crippen LogP contribution in [0.3, 0.4) is 0 Å². The van der Waals surface area contributed by atoms with Gasteiger partial charge in [-0.2, -0.15) is 0 Å². The monoisotopic (exact) mass is 227 g/mol. The highest BCUT2D eigenvalue weighted by molar-refractivity contribution is 5.76. The second-order valence-electron chi connectivity index (χ2n) is 4.95. The zero-order valence-electron chi connectivity index (χ0n) is 10.8. The fraction of sp³-hybridized carbons (Fsp3) is 0.917. The van der Waals surface area contributed by atoms with E-state index in [4.69, 9.17) is 5.73 Å². The van der Waals surface area contributed by atoms with E-state index in [1.54, 1.807) is 0 Å². The van der Waals surface area contributed by atoms with Gasteiger partial charge < -0.3 is 15.5 Å². The van der Waals surface area contributed by atoms with Crippen molar-refractivity contribution >= 4 is 5.91 Å². The molecule has 4 heteroatoms. The van der Waals surface area contributed by atoms with Gasteiger partial charge in [0.25, 0.3) is 0 Å². The minimum absolute atomic E-state index is 0.0269. The Hall–Kier alpha value is -0.610. The van der Waals surface area contributed by atoms with Gasteiger partial charge in [0.15, 0.2) is 0 Å². The van der Waals surface area contributed by atoms with E-state index in [1.807, 2.05) is 11.8 Å². The van der Waals surface area contributed by atoms with Crippen LogP contribution in [0.15, 0.2) is 0 Å². The van der Waals surface area contributed by atoms with Gasteiger partial charge in [-0.25, -0.2) is 0 Å². The summed E-state index contributed by atoms with van der Waals surface area (Å²) in [5, 5.41) is 0. The summed E-state index contributed by atoms with van der Waals surface area (Å²) in [4.78, 5) is 16.1. The maximum absolute atomic E-state index is 11.9. The van der Waals surface area contributed by atoms with E-state index in [0.29, 0.717) is 12.5 Å². The van der Waals surface area contributed by atoms with Gasteiger partial charge in [0, 0.05) is 31.6 Å². The molecule has 0 radical (unpaired) electrons. The molecule has 0 aromatic heterocycles. The molecule has 0 aromatic rings. The molecule has 1 saturated heterocycles. The maximum atomic E-state index is 11.9. The van der Waals surface area contributed by atoms with Crippen molar-refractivity contribution in [2.24, 2.45) is 5.73 Å². The standard InChI is InChI=1S/C12H25N3O/c1-4-10(13)9-12(16)15-7-5-11(6-8-15)14(2)3/h10-11H,4-9,13H2,1-3H3. The van der Waals surface area contributed by atoms with Crippen LogP contribution in [-0.2, 0) is 4.79 Å². The lowest BCUT2D eigenvalue weighted by Crippen LogP contribution is -2.45. The molecule has 1 rings (SSSR count). The Bertz CT molecular complexity index is 222. The molecule has 0 aliphatic carbocycles. The molecule has 0 bridgehead atoms. The van der Waals surface area contributed by atoms with E-state index in [1.165, 1.54) is 0 Å². The summed E-state index contributed by atoms with van der Waals surface area (Å²) < 4.78 is 0. The van der Waals surface area contributed by atoms with Crippen molar-refractivity contribution in [1.29, 1.82) is 0 Å². The molecule has 2 N–H and O–H groups in total. The predicted molar refractivity (Wildman–Crippen MR) is 66.2 cm³/mol. The van der Waals surface area contributed by atoms with Gasteiger partial charge in [-0.1, -0.05) is 6.92 Å². The Kier molecular flexibility index (Phi) is 5.22. The number of hydrogen-bond donors (Lipinski definition) is 1. The molecule has 1 unspecified atom stereocenters. The lowest BCUT2D eigenvalue weighted by molar-refractivity contribution is -0.133. The summed E-state index contributed by atoms with van der Waals surface area (Å²) >= 11 is 0. The van der Waals surface area contributed by atoms with Crippen molar-refractivity contribution in [3.63, 3.8) is 0 Å². The Labute approximate surface area is 98.8 Å². The molecule has 4 nitrogen and oxygen atoms in total. The largest absolute Gasteiger partial charge is 0.343 e. The van der Waals surface area contributed by atoms with E-state index in [0.717, 1.165) is 32.4 Å². The number of piperidine rings is 1. The zero-order chi connectivity index (χ0) is 12.1. The van der Waals surface area contributed by atoms with Gasteiger partial charge >= 0.3 is 0 Å². The molecule has 1 atom stereocenters. The fourth-order valence-electron chi connectivity index (χ4n) is 2.13. The zero-order valence-corrected chi connectivity index (χ0v) is 10.8.